The van der Waals surface area contributed by atoms with Crippen LogP contribution in [0.15, 0.2) is 18.3 Å². The minimum Gasteiger partial charge on any atom is -0.297 e. The van der Waals surface area contributed by atoms with Gasteiger partial charge in [0.25, 0.3) is 0 Å². The Morgan fingerprint density at radius 2 is 2.21 bits per heavy atom. The molecule has 1 saturated heterocycles. The molecule has 2 heterocycles. The first kappa shape index (κ1) is 8.87. The van der Waals surface area contributed by atoms with Crippen LogP contribution in [0, 0.1) is 6.92 Å². The van der Waals surface area contributed by atoms with E-state index in [4.69, 9.17) is 0 Å². The summed E-state index contributed by atoms with van der Waals surface area (Å²) in [7, 11) is 0. The number of hydrogen-bond donors (Lipinski definition) is 0. The molecule has 0 spiro atoms. The zero-order valence-corrected chi connectivity index (χ0v) is 7.86. The second-order valence-corrected chi connectivity index (χ2v) is 3.34. The maximum atomic E-state index is 11.4. The SMILES string of the molecule is Cc1cccnc1N1CC(=O)CC1=O. The monoisotopic (exact) mass is 190 g/mol. The molecule has 4 heteroatoms. The van der Waals surface area contributed by atoms with Gasteiger partial charge in [0, 0.05) is 6.20 Å². The molecule has 1 fully saturated rings. The van der Waals surface area contributed by atoms with Crippen LogP contribution in [-0.2, 0) is 9.59 Å². The minimum absolute atomic E-state index is 0.00993. The molecule has 0 aromatic carbocycles. The molecular weight excluding hydrogens is 180 g/mol. The minimum atomic E-state index is -0.156. The molecule has 1 aromatic rings. The van der Waals surface area contributed by atoms with Crippen molar-refractivity contribution < 1.29 is 9.59 Å². The van der Waals surface area contributed by atoms with Gasteiger partial charge in [0.05, 0.1) is 13.0 Å². The van der Waals surface area contributed by atoms with Crippen molar-refractivity contribution in [2.24, 2.45) is 0 Å². The van der Waals surface area contributed by atoms with E-state index in [1.54, 1.807) is 12.3 Å². The molecule has 4 nitrogen and oxygen atoms in total. The molecule has 14 heavy (non-hydrogen) atoms. The van der Waals surface area contributed by atoms with Gasteiger partial charge in [-0.05, 0) is 18.6 Å². The van der Waals surface area contributed by atoms with Crippen LogP contribution in [0.5, 0.6) is 0 Å². The van der Waals surface area contributed by atoms with Crippen molar-refractivity contribution in [3.63, 3.8) is 0 Å². The number of rotatable bonds is 1. The summed E-state index contributed by atoms with van der Waals surface area (Å²) in [5, 5.41) is 0. The highest BCUT2D eigenvalue weighted by atomic mass is 16.2. The van der Waals surface area contributed by atoms with E-state index in [2.05, 4.69) is 4.98 Å². The lowest BCUT2D eigenvalue weighted by Gasteiger charge is -2.15. The summed E-state index contributed by atoms with van der Waals surface area (Å²) in [6, 6.07) is 3.68. The van der Waals surface area contributed by atoms with Gasteiger partial charge in [-0.1, -0.05) is 6.07 Å². The predicted molar refractivity (Wildman–Crippen MR) is 51.0 cm³/mol. The molecule has 72 valence electrons. The molecule has 0 radical (unpaired) electrons. The Hall–Kier alpha value is -1.71. The molecule has 0 atom stereocenters. The molecule has 1 aromatic heterocycles. The van der Waals surface area contributed by atoms with Gasteiger partial charge < -0.3 is 0 Å². The molecular formula is C10H10N2O2. The average molecular weight is 190 g/mol. The van der Waals surface area contributed by atoms with Crippen LogP contribution in [0.1, 0.15) is 12.0 Å². The third kappa shape index (κ3) is 1.39. The van der Waals surface area contributed by atoms with E-state index in [-0.39, 0.29) is 24.7 Å². The number of Topliss-reactive ketones (excluding diaryl/α,β-unsaturated/α-hetero) is 1. The molecule has 0 N–H and O–H groups in total. The fourth-order valence-corrected chi connectivity index (χ4v) is 1.54. The summed E-state index contributed by atoms with van der Waals surface area (Å²) in [6.07, 6.45) is 1.63. The van der Waals surface area contributed by atoms with Crippen LogP contribution in [0.25, 0.3) is 0 Å². The molecule has 1 amide bonds. The predicted octanol–water partition coefficient (Wildman–Crippen LogP) is 0.696. The van der Waals surface area contributed by atoms with Crippen molar-refractivity contribution >= 4 is 17.5 Å². The van der Waals surface area contributed by atoms with Crippen LogP contribution in [-0.4, -0.2) is 23.2 Å². The maximum Gasteiger partial charge on any atom is 0.236 e. The lowest BCUT2D eigenvalue weighted by atomic mass is 10.3. The summed E-state index contributed by atoms with van der Waals surface area (Å²) in [5.41, 5.74) is 0.913. The molecule has 0 aliphatic carbocycles. The highest BCUT2D eigenvalue weighted by Gasteiger charge is 2.29. The van der Waals surface area contributed by atoms with E-state index in [0.29, 0.717) is 5.82 Å². The fraction of sp³-hybridized carbons (Fsp3) is 0.300. The number of amides is 1. The number of aryl methyl sites for hydroxylation is 1. The second-order valence-electron chi connectivity index (χ2n) is 3.34. The Morgan fingerprint density at radius 3 is 2.79 bits per heavy atom. The van der Waals surface area contributed by atoms with Crippen molar-refractivity contribution in [3.8, 4) is 0 Å². The Balaban J connectivity index is 2.36. The van der Waals surface area contributed by atoms with Gasteiger partial charge in [-0.15, -0.1) is 0 Å². The van der Waals surface area contributed by atoms with E-state index in [0.717, 1.165) is 5.56 Å². The summed E-state index contributed by atoms with van der Waals surface area (Å²) in [5.74, 6) is 0.403. The first-order valence-corrected chi connectivity index (χ1v) is 4.42. The number of nitrogens with zero attached hydrogens (tertiary/aromatic N) is 2. The van der Waals surface area contributed by atoms with E-state index in [9.17, 15) is 9.59 Å². The fourth-order valence-electron chi connectivity index (χ4n) is 1.54. The van der Waals surface area contributed by atoms with Gasteiger partial charge in [0.2, 0.25) is 5.91 Å². The highest BCUT2D eigenvalue weighted by Crippen LogP contribution is 2.20. The molecule has 0 bridgehead atoms. The number of anilines is 1. The van der Waals surface area contributed by atoms with Crippen molar-refractivity contribution in [2.45, 2.75) is 13.3 Å². The van der Waals surface area contributed by atoms with Gasteiger partial charge >= 0.3 is 0 Å². The van der Waals surface area contributed by atoms with Crippen LogP contribution in [0.3, 0.4) is 0 Å². The first-order chi connectivity index (χ1) is 6.68. The lowest BCUT2D eigenvalue weighted by Crippen LogP contribution is -2.26. The quantitative estimate of drug-likeness (QED) is 0.612. The van der Waals surface area contributed by atoms with Crippen molar-refractivity contribution in [2.75, 3.05) is 11.4 Å². The Bertz CT molecular complexity index is 401. The standard InChI is InChI=1S/C10H10N2O2/c1-7-3-2-4-11-10(7)12-6-8(13)5-9(12)14/h2-4H,5-6H2,1H3. The number of carbonyl (C=O) groups is 2. The lowest BCUT2D eigenvalue weighted by molar-refractivity contribution is -0.121. The van der Waals surface area contributed by atoms with Gasteiger partial charge in [-0.25, -0.2) is 4.98 Å². The van der Waals surface area contributed by atoms with Gasteiger partial charge in [0.15, 0.2) is 5.78 Å². The number of ketones is 1. The second kappa shape index (κ2) is 3.21. The van der Waals surface area contributed by atoms with Crippen molar-refractivity contribution in [1.82, 2.24) is 4.98 Å². The molecule has 0 saturated carbocycles. The largest absolute Gasteiger partial charge is 0.297 e. The van der Waals surface area contributed by atoms with E-state index < -0.39 is 0 Å². The molecule has 1 aliphatic heterocycles. The third-order valence-corrected chi connectivity index (χ3v) is 2.22. The summed E-state index contributed by atoms with van der Waals surface area (Å²) in [6.45, 7) is 2.04. The number of pyridine rings is 1. The normalized spacial score (nSPS) is 16.5. The summed E-state index contributed by atoms with van der Waals surface area (Å²) >= 11 is 0. The van der Waals surface area contributed by atoms with Gasteiger partial charge in [0.1, 0.15) is 5.82 Å². The first-order valence-electron chi connectivity index (χ1n) is 4.42. The average Bonchev–Trinajstić information content (AvgIpc) is 2.46. The van der Waals surface area contributed by atoms with Gasteiger partial charge in [-0.3, -0.25) is 14.5 Å². The number of carbonyl (C=O) groups excluding carboxylic acids is 2. The van der Waals surface area contributed by atoms with E-state index in [1.165, 1.54) is 4.90 Å². The van der Waals surface area contributed by atoms with Crippen molar-refractivity contribution in [3.05, 3.63) is 23.9 Å². The van der Waals surface area contributed by atoms with Crippen LogP contribution in [0.4, 0.5) is 5.82 Å². The third-order valence-electron chi connectivity index (χ3n) is 2.22. The highest BCUT2D eigenvalue weighted by molar-refractivity contribution is 6.14. The summed E-state index contributed by atoms with van der Waals surface area (Å²) < 4.78 is 0. The Morgan fingerprint density at radius 1 is 1.43 bits per heavy atom. The zero-order chi connectivity index (χ0) is 10.1. The zero-order valence-electron chi connectivity index (χ0n) is 7.86. The van der Waals surface area contributed by atoms with Crippen LogP contribution in [0.2, 0.25) is 0 Å². The van der Waals surface area contributed by atoms with Gasteiger partial charge in [-0.2, -0.15) is 0 Å². The van der Waals surface area contributed by atoms with Crippen LogP contribution < -0.4 is 4.90 Å². The van der Waals surface area contributed by atoms with Crippen molar-refractivity contribution in [1.29, 1.82) is 0 Å². The smallest absolute Gasteiger partial charge is 0.236 e. The van der Waals surface area contributed by atoms with E-state index >= 15 is 0 Å². The van der Waals surface area contributed by atoms with Crippen LogP contribution >= 0.6 is 0 Å². The summed E-state index contributed by atoms with van der Waals surface area (Å²) in [4.78, 5) is 28.0. The molecule has 1 aliphatic rings. The number of aromatic nitrogens is 1. The molecule has 2 rings (SSSR count). The molecule has 0 unspecified atom stereocenters. The Kier molecular flexibility index (Phi) is 2.04. The Labute approximate surface area is 81.6 Å². The van der Waals surface area contributed by atoms with E-state index in [1.807, 2.05) is 13.0 Å². The number of hydrogen-bond acceptors (Lipinski definition) is 3. The topological polar surface area (TPSA) is 50.3 Å². The maximum absolute atomic E-state index is 11.4.